The Morgan fingerprint density at radius 3 is 3.00 bits per heavy atom. The summed E-state index contributed by atoms with van der Waals surface area (Å²) in [5.41, 5.74) is 3.32. The highest BCUT2D eigenvalue weighted by molar-refractivity contribution is 14.1. The third kappa shape index (κ3) is 1.88. The minimum absolute atomic E-state index is 0.0380. The van der Waals surface area contributed by atoms with Crippen molar-refractivity contribution >= 4 is 40.3 Å². The molecule has 0 spiro atoms. The van der Waals surface area contributed by atoms with Crippen LogP contribution in [0.3, 0.4) is 0 Å². The molecule has 0 fully saturated rings. The average Bonchev–Trinajstić information content (AvgIpc) is 2.70. The van der Waals surface area contributed by atoms with Crippen LogP contribution >= 0.6 is 22.9 Å². The number of amides is 2. The van der Waals surface area contributed by atoms with Crippen molar-refractivity contribution in [2.45, 2.75) is 6.42 Å². The molecule has 0 bridgehead atoms. The number of anilines is 2. The van der Waals surface area contributed by atoms with Gasteiger partial charge >= 0.3 is 6.03 Å². The lowest BCUT2D eigenvalue weighted by Gasteiger charge is -2.16. The number of nitrogens with zero attached hydrogens (tertiary/aromatic N) is 1. The molecule has 1 aromatic rings. The van der Waals surface area contributed by atoms with Crippen LogP contribution in [-0.4, -0.2) is 19.6 Å². The number of urea groups is 1. The van der Waals surface area contributed by atoms with Crippen molar-refractivity contribution in [2.24, 2.45) is 0 Å². The summed E-state index contributed by atoms with van der Waals surface area (Å²) in [5.74, 6) is 0. The molecule has 0 radical (unpaired) electrons. The van der Waals surface area contributed by atoms with Gasteiger partial charge in [-0.25, -0.2) is 4.79 Å². The molecular weight excluding hydrogens is 305 g/mol. The van der Waals surface area contributed by atoms with Gasteiger partial charge in [-0.05, 0) is 30.2 Å². The van der Waals surface area contributed by atoms with Crippen LogP contribution in [0.25, 0.3) is 0 Å². The molecule has 4 nitrogen and oxygen atoms in total. The van der Waals surface area contributed by atoms with Gasteiger partial charge in [-0.1, -0.05) is 0 Å². The number of carbonyl (C=O) groups is 1. The third-order valence-corrected chi connectivity index (χ3v) is 3.17. The summed E-state index contributed by atoms with van der Waals surface area (Å²) in [5, 5.41) is 2.65. The SMILES string of the molecule is CNC(=O)N1CCc2cc(NI)ccc21. The van der Waals surface area contributed by atoms with Gasteiger partial charge in [0, 0.05) is 25.0 Å². The van der Waals surface area contributed by atoms with E-state index < -0.39 is 0 Å². The molecule has 80 valence electrons. The summed E-state index contributed by atoms with van der Waals surface area (Å²) in [6.45, 7) is 0.764. The summed E-state index contributed by atoms with van der Waals surface area (Å²) in [6, 6.07) is 6.01. The summed E-state index contributed by atoms with van der Waals surface area (Å²) in [4.78, 5) is 13.3. The first kappa shape index (κ1) is 10.5. The topological polar surface area (TPSA) is 44.4 Å². The number of hydrogen-bond acceptors (Lipinski definition) is 2. The van der Waals surface area contributed by atoms with E-state index >= 15 is 0 Å². The average molecular weight is 317 g/mol. The smallest absolute Gasteiger partial charge is 0.321 e. The first-order valence-corrected chi connectivity index (χ1v) is 5.83. The van der Waals surface area contributed by atoms with Crippen molar-refractivity contribution in [2.75, 3.05) is 22.0 Å². The second kappa shape index (κ2) is 4.26. The van der Waals surface area contributed by atoms with Crippen LogP contribution in [0.15, 0.2) is 18.2 Å². The van der Waals surface area contributed by atoms with Gasteiger partial charge in [0.1, 0.15) is 0 Å². The third-order valence-electron chi connectivity index (χ3n) is 2.54. The monoisotopic (exact) mass is 317 g/mol. The van der Waals surface area contributed by atoms with E-state index in [9.17, 15) is 4.79 Å². The molecular formula is C10H12IN3O. The van der Waals surface area contributed by atoms with Gasteiger partial charge in [0.25, 0.3) is 0 Å². The Hall–Kier alpha value is -0.980. The van der Waals surface area contributed by atoms with Crippen LogP contribution in [-0.2, 0) is 6.42 Å². The second-order valence-electron chi connectivity index (χ2n) is 3.39. The lowest BCUT2D eigenvalue weighted by molar-refractivity contribution is 0.248. The summed E-state index contributed by atoms with van der Waals surface area (Å²) in [7, 11) is 1.65. The van der Waals surface area contributed by atoms with Crippen LogP contribution in [0.2, 0.25) is 0 Å². The summed E-state index contributed by atoms with van der Waals surface area (Å²) in [6.07, 6.45) is 0.926. The van der Waals surface area contributed by atoms with Gasteiger partial charge in [0.2, 0.25) is 0 Å². The van der Waals surface area contributed by atoms with E-state index in [4.69, 9.17) is 0 Å². The van der Waals surface area contributed by atoms with E-state index in [1.165, 1.54) is 5.56 Å². The minimum atomic E-state index is -0.0380. The van der Waals surface area contributed by atoms with Crippen LogP contribution in [0.4, 0.5) is 16.2 Å². The van der Waals surface area contributed by atoms with Gasteiger partial charge in [-0.15, -0.1) is 0 Å². The van der Waals surface area contributed by atoms with Crippen molar-refractivity contribution in [1.29, 1.82) is 0 Å². The highest BCUT2D eigenvalue weighted by Gasteiger charge is 2.23. The number of fused-ring (bicyclic) bond motifs is 1. The maximum absolute atomic E-state index is 11.5. The molecule has 0 aromatic heterocycles. The molecule has 1 aliphatic heterocycles. The number of carbonyl (C=O) groups excluding carboxylic acids is 1. The fourth-order valence-electron chi connectivity index (χ4n) is 1.81. The largest absolute Gasteiger partial charge is 0.341 e. The molecule has 15 heavy (non-hydrogen) atoms. The quantitative estimate of drug-likeness (QED) is 0.616. The highest BCUT2D eigenvalue weighted by atomic mass is 127. The van der Waals surface area contributed by atoms with E-state index in [2.05, 4.69) is 37.8 Å². The molecule has 0 atom stereocenters. The van der Waals surface area contributed by atoms with E-state index in [-0.39, 0.29) is 6.03 Å². The number of hydrogen-bond donors (Lipinski definition) is 2. The number of nitrogens with one attached hydrogen (secondary N) is 2. The molecule has 2 N–H and O–H groups in total. The summed E-state index contributed by atoms with van der Waals surface area (Å²) < 4.78 is 3.07. The first-order valence-electron chi connectivity index (χ1n) is 4.75. The lowest BCUT2D eigenvalue weighted by Crippen LogP contribution is -2.36. The van der Waals surface area contributed by atoms with Crippen LogP contribution in [0.5, 0.6) is 0 Å². The Kier molecular flexibility index (Phi) is 2.99. The predicted octanol–water partition coefficient (Wildman–Crippen LogP) is 2.15. The molecule has 5 heteroatoms. The van der Waals surface area contributed by atoms with Gasteiger partial charge in [-0.3, -0.25) is 4.90 Å². The molecule has 2 amide bonds. The second-order valence-corrected chi connectivity index (χ2v) is 3.93. The Morgan fingerprint density at radius 2 is 2.33 bits per heavy atom. The van der Waals surface area contributed by atoms with Crippen molar-refractivity contribution in [3.8, 4) is 0 Å². The van der Waals surface area contributed by atoms with E-state index in [0.29, 0.717) is 0 Å². The van der Waals surface area contributed by atoms with Crippen LogP contribution in [0.1, 0.15) is 5.56 Å². The van der Waals surface area contributed by atoms with Crippen molar-refractivity contribution in [3.63, 3.8) is 0 Å². The van der Waals surface area contributed by atoms with Crippen molar-refractivity contribution in [3.05, 3.63) is 23.8 Å². The fraction of sp³-hybridized carbons (Fsp3) is 0.300. The van der Waals surface area contributed by atoms with Crippen LogP contribution in [0, 0.1) is 0 Å². The zero-order valence-corrected chi connectivity index (χ0v) is 10.5. The van der Waals surface area contributed by atoms with Crippen molar-refractivity contribution < 1.29 is 4.79 Å². The van der Waals surface area contributed by atoms with Crippen LogP contribution < -0.4 is 13.7 Å². The summed E-state index contributed by atoms with van der Waals surface area (Å²) >= 11 is 2.10. The minimum Gasteiger partial charge on any atom is -0.341 e. The first-order chi connectivity index (χ1) is 7.26. The van der Waals surface area contributed by atoms with Gasteiger partial charge in [0.05, 0.1) is 22.9 Å². The Morgan fingerprint density at radius 1 is 1.53 bits per heavy atom. The van der Waals surface area contributed by atoms with E-state index in [1.54, 1.807) is 11.9 Å². The van der Waals surface area contributed by atoms with Gasteiger partial charge in [0.15, 0.2) is 0 Å². The van der Waals surface area contributed by atoms with Gasteiger partial charge < -0.3 is 8.85 Å². The highest BCUT2D eigenvalue weighted by Crippen LogP contribution is 2.30. The maximum Gasteiger partial charge on any atom is 0.321 e. The lowest BCUT2D eigenvalue weighted by atomic mass is 10.1. The van der Waals surface area contributed by atoms with E-state index in [1.807, 2.05) is 12.1 Å². The predicted molar refractivity (Wildman–Crippen MR) is 69.6 cm³/mol. The molecule has 0 saturated heterocycles. The normalized spacial score (nSPS) is 13.6. The standard InChI is InChI=1S/C10H12IN3O/c1-12-10(15)14-5-4-7-6-8(13-11)2-3-9(7)14/h2-3,6,13H,4-5H2,1H3,(H,12,15). The maximum atomic E-state index is 11.5. The number of rotatable bonds is 1. The van der Waals surface area contributed by atoms with E-state index in [0.717, 1.165) is 24.3 Å². The Labute approximate surface area is 103 Å². The number of benzene rings is 1. The molecule has 2 rings (SSSR count). The zero-order valence-electron chi connectivity index (χ0n) is 8.38. The molecule has 0 saturated carbocycles. The number of halogens is 1. The molecule has 0 aliphatic carbocycles. The van der Waals surface area contributed by atoms with Crippen molar-refractivity contribution in [1.82, 2.24) is 5.32 Å². The molecule has 1 heterocycles. The fourth-order valence-corrected chi connectivity index (χ4v) is 2.14. The molecule has 1 aliphatic rings. The zero-order chi connectivity index (χ0) is 10.8. The van der Waals surface area contributed by atoms with Gasteiger partial charge in [-0.2, -0.15) is 0 Å². The Bertz CT molecular complexity index is 394. The molecule has 0 unspecified atom stereocenters. The molecule has 1 aromatic carbocycles. The Balaban J connectivity index is 2.32.